The van der Waals surface area contributed by atoms with E-state index in [9.17, 15) is 4.79 Å². The van der Waals surface area contributed by atoms with Crippen LogP contribution in [-0.4, -0.2) is 35.9 Å². The van der Waals surface area contributed by atoms with E-state index in [1.165, 1.54) is 0 Å². The highest BCUT2D eigenvalue weighted by Gasteiger charge is 2.69. The van der Waals surface area contributed by atoms with Gasteiger partial charge in [0, 0.05) is 30.6 Å². The van der Waals surface area contributed by atoms with Gasteiger partial charge in [-0.3, -0.25) is 4.79 Å². The van der Waals surface area contributed by atoms with Crippen molar-refractivity contribution in [3.63, 3.8) is 0 Å². The zero-order valence-corrected chi connectivity index (χ0v) is 16.3. The highest BCUT2D eigenvalue weighted by atomic mass is 17.3. The third kappa shape index (κ3) is 2.72. The van der Waals surface area contributed by atoms with Crippen LogP contribution in [0.2, 0.25) is 0 Å². The summed E-state index contributed by atoms with van der Waals surface area (Å²) in [5.41, 5.74) is -0.570. The zero-order chi connectivity index (χ0) is 18.5. The average molecular weight is 365 g/mol. The first-order valence-corrected chi connectivity index (χ1v) is 10.2. The molecule has 0 aromatic heterocycles. The Morgan fingerprint density at radius 2 is 2.00 bits per heavy atom. The number of rotatable bonds is 4. The van der Waals surface area contributed by atoms with E-state index < -0.39 is 17.7 Å². The Balaban J connectivity index is 1.66. The van der Waals surface area contributed by atoms with E-state index in [-0.39, 0.29) is 24.2 Å². The third-order valence-corrected chi connectivity index (χ3v) is 6.94. The number of aliphatic imine (C=N–C) groups is 1. The second-order valence-corrected chi connectivity index (χ2v) is 8.76. The van der Waals surface area contributed by atoms with Crippen molar-refractivity contribution in [3.05, 3.63) is 0 Å². The lowest BCUT2D eigenvalue weighted by atomic mass is 9.58. The summed E-state index contributed by atoms with van der Waals surface area (Å²) >= 11 is 0. The number of hydrogen-bond donors (Lipinski definition) is 0. The summed E-state index contributed by atoms with van der Waals surface area (Å²) in [6.07, 6.45) is 4.90. The lowest BCUT2D eigenvalue weighted by Gasteiger charge is -2.58. The van der Waals surface area contributed by atoms with Gasteiger partial charge in [0.1, 0.15) is 6.54 Å². The van der Waals surface area contributed by atoms with Gasteiger partial charge >= 0.3 is 0 Å². The van der Waals surface area contributed by atoms with Crippen molar-refractivity contribution < 1.29 is 24.0 Å². The van der Waals surface area contributed by atoms with Gasteiger partial charge in [-0.1, -0.05) is 20.8 Å². The molecule has 0 amide bonds. The Hall–Kier alpha value is -0.980. The number of carbonyl (C=O) groups excluding carboxylic acids is 1. The molecule has 7 atom stereocenters. The second-order valence-electron chi connectivity index (χ2n) is 8.76. The lowest BCUT2D eigenvalue weighted by molar-refractivity contribution is -0.557. The minimum absolute atomic E-state index is 0.0883. The Morgan fingerprint density at radius 1 is 1.19 bits per heavy atom. The van der Waals surface area contributed by atoms with E-state index in [1.54, 1.807) is 0 Å². The molecule has 0 aromatic rings. The summed E-state index contributed by atoms with van der Waals surface area (Å²) < 4.78 is 12.5. The van der Waals surface area contributed by atoms with Crippen molar-refractivity contribution >= 4 is 11.7 Å². The number of hydrogen-bond acceptors (Lipinski definition) is 6. The smallest absolute Gasteiger partial charge is 0.237 e. The quantitative estimate of drug-likeness (QED) is 0.712. The normalized spacial score (nSPS) is 48.6. The molecule has 5 rings (SSSR count). The minimum Gasteiger partial charge on any atom is -0.448 e. The van der Waals surface area contributed by atoms with Crippen LogP contribution in [0.3, 0.4) is 0 Å². The highest BCUT2D eigenvalue weighted by Crippen LogP contribution is 2.59. The molecular weight excluding hydrogens is 334 g/mol. The number of fused-ring (bicyclic) bond motifs is 2. The maximum absolute atomic E-state index is 11.9. The Kier molecular flexibility index (Phi) is 4.65. The fraction of sp³-hybridized carbons (Fsp3) is 0.900. The molecule has 4 saturated heterocycles. The molecule has 2 bridgehead atoms. The number of carbonyl (C=O) groups is 1. The van der Waals surface area contributed by atoms with Crippen LogP contribution in [0.4, 0.5) is 0 Å². The van der Waals surface area contributed by atoms with Gasteiger partial charge in [-0.2, -0.15) is 0 Å². The van der Waals surface area contributed by atoms with Gasteiger partial charge in [0.05, 0.1) is 0 Å². The maximum Gasteiger partial charge on any atom is 0.237 e. The van der Waals surface area contributed by atoms with Gasteiger partial charge in [0.15, 0.2) is 17.3 Å². The molecule has 0 N–H and O–H groups in total. The van der Waals surface area contributed by atoms with Gasteiger partial charge in [0.25, 0.3) is 0 Å². The van der Waals surface area contributed by atoms with E-state index >= 15 is 0 Å². The molecule has 0 radical (unpaired) electrons. The van der Waals surface area contributed by atoms with Gasteiger partial charge in [0.2, 0.25) is 12.1 Å². The van der Waals surface area contributed by atoms with Crippen LogP contribution in [0.5, 0.6) is 0 Å². The predicted octanol–water partition coefficient (Wildman–Crippen LogP) is 3.64. The summed E-state index contributed by atoms with van der Waals surface area (Å²) in [6, 6.07) is 0. The SMILES string of the molecule is CCCC(=O)CN=C1OC2OC3(C)CCC4C(C)CCC(C1C)C24OO3. The average Bonchev–Trinajstić information content (AvgIpc) is 2.83. The standard InChI is InChI=1S/C20H31NO5/c1-5-6-14(22)11-21-17-13(3)16-8-7-12(2)15-9-10-19(4)24-18(23-17)20(15,16)26-25-19/h12-13,15-16,18H,5-11H2,1-4H3. The predicted molar refractivity (Wildman–Crippen MR) is 95.3 cm³/mol. The first-order chi connectivity index (χ1) is 12.4. The van der Waals surface area contributed by atoms with E-state index in [0.717, 1.165) is 32.1 Å². The number of Topliss-reactive ketones (excluding diaryl/α,β-unsaturated/α-hetero) is 1. The number of nitrogens with zero attached hydrogens (tertiary/aromatic N) is 1. The van der Waals surface area contributed by atoms with Crippen LogP contribution >= 0.6 is 0 Å². The fourth-order valence-electron chi connectivity index (χ4n) is 5.48. The molecule has 5 aliphatic rings. The van der Waals surface area contributed by atoms with Crippen molar-refractivity contribution in [2.75, 3.05) is 6.54 Å². The number of ketones is 1. The second kappa shape index (κ2) is 6.57. The van der Waals surface area contributed by atoms with E-state index in [1.807, 2.05) is 13.8 Å². The largest absolute Gasteiger partial charge is 0.448 e. The molecule has 0 aromatic carbocycles. The molecule has 1 aliphatic carbocycles. The van der Waals surface area contributed by atoms with Crippen molar-refractivity contribution in [1.82, 2.24) is 0 Å². The van der Waals surface area contributed by atoms with Crippen molar-refractivity contribution in [2.45, 2.75) is 83.9 Å². The van der Waals surface area contributed by atoms with Crippen LogP contribution in [0.1, 0.15) is 66.2 Å². The molecule has 4 aliphatic heterocycles. The van der Waals surface area contributed by atoms with Crippen molar-refractivity contribution in [3.8, 4) is 0 Å². The molecule has 26 heavy (non-hydrogen) atoms. The molecule has 6 nitrogen and oxygen atoms in total. The van der Waals surface area contributed by atoms with Crippen LogP contribution in [0.15, 0.2) is 4.99 Å². The molecule has 4 heterocycles. The number of ether oxygens (including phenoxy) is 2. The van der Waals surface area contributed by atoms with Gasteiger partial charge in [-0.15, -0.1) is 0 Å². The van der Waals surface area contributed by atoms with Crippen LogP contribution in [0.25, 0.3) is 0 Å². The van der Waals surface area contributed by atoms with Crippen LogP contribution in [0, 0.1) is 23.7 Å². The Labute approximate surface area is 155 Å². The van der Waals surface area contributed by atoms with Gasteiger partial charge in [-0.05, 0) is 38.5 Å². The van der Waals surface area contributed by atoms with Crippen LogP contribution < -0.4 is 0 Å². The first kappa shape index (κ1) is 18.4. The molecular formula is C20H31NO5. The maximum atomic E-state index is 11.9. The molecule has 1 saturated carbocycles. The summed E-state index contributed by atoms with van der Waals surface area (Å²) in [7, 11) is 0. The summed E-state index contributed by atoms with van der Waals surface area (Å²) in [5.74, 6) is 1.23. The Bertz CT molecular complexity index is 607. The zero-order valence-electron chi connectivity index (χ0n) is 16.3. The van der Waals surface area contributed by atoms with Crippen molar-refractivity contribution in [1.29, 1.82) is 0 Å². The van der Waals surface area contributed by atoms with E-state index in [2.05, 4.69) is 18.8 Å². The molecule has 6 heteroatoms. The third-order valence-electron chi connectivity index (χ3n) is 6.94. The fourth-order valence-corrected chi connectivity index (χ4v) is 5.48. The summed E-state index contributed by atoms with van der Waals surface area (Å²) in [6.45, 7) is 8.54. The van der Waals surface area contributed by atoms with Crippen molar-refractivity contribution in [2.24, 2.45) is 28.7 Å². The minimum atomic E-state index is -0.777. The molecule has 146 valence electrons. The highest BCUT2D eigenvalue weighted by molar-refractivity contribution is 5.86. The monoisotopic (exact) mass is 365 g/mol. The van der Waals surface area contributed by atoms with E-state index in [4.69, 9.17) is 19.2 Å². The first-order valence-electron chi connectivity index (χ1n) is 10.2. The van der Waals surface area contributed by atoms with Gasteiger partial charge in [-0.25, -0.2) is 14.8 Å². The summed E-state index contributed by atoms with van der Waals surface area (Å²) in [4.78, 5) is 28.4. The Morgan fingerprint density at radius 3 is 2.77 bits per heavy atom. The molecule has 7 unspecified atom stereocenters. The topological polar surface area (TPSA) is 66.4 Å². The van der Waals surface area contributed by atoms with Crippen LogP contribution in [-0.2, 0) is 24.0 Å². The van der Waals surface area contributed by atoms with Gasteiger partial charge < -0.3 is 9.47 Å². The lowest BCUT2D eigenvalue weighted by Crippen LogP contribution is -2.69. The molecule has 5 fully saturated rings. The van der Waals surface area contributed by atoms with E-state index in [0.29, 0.717) is 24.2 Å². The summed E-state index contributed by atoms with van der Waals surface area (Å²) in [5, 5.41) is 0. The molecule has 1 spiro atoms.